The number of halogens is 3. The van der Waals surface area contributed by atoms with Crippen LogP contribution < -0.4 is 14.4 Å². The number of nitrogens with one attached hydrogen (secondary N) is 1. The van der Waals surface area contributed by atoms with Crippen molar-refractivity contribution in [2.24, 2.45) is 0 Å². The summed E-state index contributed by atoms with van der Waals surface area (Å²) in [5, 5.41) is 3.98. The van der Waals surface area contributed by atoms with Crippen LogP contribution in [0.5, 0.6) is 5.75 Å². The normalized spacial score (nSPS) is 14.1. The first-order chi connectivity index (χ1) is 24.0. The molecule has 264 valence electrons. The van der Waals surface area contributed by atoms with E-state index in [0.29, 0.717) is 21.4 Å². The number of rotatable bonds is 13. The fraction of sp³-hybridized carbons (Fsp3) is 0.316. The van der Waals surface area contributed by atoms with E-state index < -0.39 is 28.5 Å². The van der Waals surface area contributed by atoms with Crippen LogP contribution in [0.3, 0.4) is 0 Å². The third-order valence-electron chi connectivity index (χ3n) is 8.92. The summed E-state index contributed by atoms with van der Waals surface area (Å²) < 4.78 is 35.0. The van der Waals surface area contributed by atoms with Gasteiger partial charge in [0.2, 0.25) is 11.8 Å². The van der Waals surface area contributed by atoms with Gasteiger partial charge in [0.25, 0.3) is 10.0 Å². The van der Waals surface area contributed by atoms with Crippen LogP contribution in [0.1, 0.15) is 48.8 Å². The van der Waals surface area contributed by atoms with Gasteiger partial charge in [-0.15, -0.1) is 0 Å². The second-order valence-corrected chi connectivity index (χ2v) is 15.5. The van der Waals surface area contributed by atoms with Gasteiger partial charge in [-0.25, -0.2) is 8.42 Å². The van der Waals surface area contributed by atoms with E-state index in [1.165, 1.54) is 42.3 Å². The minimum atomic E-state index is -4.32. The van der Waals surface area contributed by atoms with Gasteiger partial charge in [-0.05, 0) is 67.8 Å². The van der Waals surface area contributed by atoms with Crippen molar-refractivity contribution in [1.29, 1.82) is 0 Å². The molecule has 0 aromatic heterocycles. The van der Waals surface area contributed by atoms with E-state index in [2.05, 4.69) is 5.32 Å². The lowest BCUT2D eigenvalue weighted by Gasteiger charge is -2.35. The molecule has 50 heavy (non-hydrogen) atoms. The molecule has 4 aromatic rings. The average Bonchev–Trinajstić information content (AvgIpc) is 3.10. The summed E-state index contributed by atoms with van der Waals surface area (Å²) in [6.07, 6.45) is 4.97. The lowest BCUT2D eigenvalue weighted by Crippen LogP contribution is -2.55. The Morgan fingerprint density at radius 1 is 0.860 bits per heavy atom. The molecule has 5 rings (SSSR count). The van der Waals surface area contributed by atoms with E-state index in [-0.39, 0.29) is 40.5 Å². The molecule has 1 atom stereocenters. The van der Waals surface area contributed by atoms with Gasteiger partial charge in [-0.1, -0.05) is 108 Å². The zero-order valence-electron chi connectivity index (χ0n) is 27.9. The van der Waals surface area contributed by atoms with Gasteiger partial charge in [0, 0.05) is 34.6 Å². The molecule has 2 amide bonds. The summed E-state index contributed by atoms with van der Waals surface area (Å²) in [5.74, 6) is -0.632. The van der Waals surface area contributed by atoms with E-state index in [4.69, 9.17) is 39.5 Å². The van der Waals surface area contributed by atoms with E-state index >= 15 is 0 Å². The summed E-state index contributed by atoms with van der Waals surface area (Å²) in [7, 11) is -2.87. The van der Waals surface area contributed by atoms with E-state index in [1.54, 1.807) is 30.3 Å². The van der Waals surface area contributed by atoms with Gasteiger partial charge in [0.05, 0.1) is 22.7 Å². The molecule has 1 aliphatic carbocycles. The van der Waals surface area contributed by atoms with Crippen molar-refractivity contribution in [3.05, 3.63) is 123 Å². The third-order valence-corrected chi connectivity index (χ3v) is 11.7. The molecular weight excluding hydrogens is 717 g/mol. The van der Waals surface area contributed by atoms with Gasteiger partial charge in [0.15, 0.2) is 0 Å². The molecule has 12 heteroatoms. The Balaban J connectivity index is 1.61. The first-order valence-electron chi connectivity index (χ1n) is 16.5. The largest absolute Gasteiger partial charge is 0.495 e. The average molecular weight is 757 g/mol. The van der Waals surface area contributed by atoms with Crippen molar-refractivity contribution >= 4 is 62.3 Å². The van der Waals surface area contributed by atoms with Gasteiger partial charge in [-0.2, -0.15) is 0 Å². The highest BCUT2D eigenvalue weighted by atomic mass is 35.5. The van der Waals surface area contributed by atoms with Crippen molar-refractivity contribution in [3.8, 4) is 5.75 Å². The number of carbonyl (C=O) groups is 2. The Bertz CT molecular complexity index is 1880. The number of sulfonamides is 1. The Kier molecular flexibility index (Phi) is 12.7. The second-order valence-electron chi connectivity index (χ2n) is 12.4. The van der Waals surface area contributed by atoms with Crippen LogP contribution in [0.15, 0.2) is 95.9 Å². The van der Waals surface area contributed by atoms with E-state index in [9.17, 15) is 18.0 Å². The van der Waals surface area contributed by atoms with Gasteiger partial charge in [-0.3, -0.25) is 13.9 Å². The molecule has 1 fully saturated rings. The number of methoxy groups -OCH3 is 1. The number of carbonyl (C=O) groups excluding carboxylic acids is 2. The van der Waals surface area contributed by atoms with E-state index in [1.807, 2.05) is 37.3 Å². The maximum absolute atomic E-state index is 14.8. The molecule has 0 spiro atoms. The zero-order valence-corrected chi connectivity index (χ0v) is 31.0. The topological polar surface area (TPSA) is 96.0 Å². The van der Waals surface area contributed by atoms with Crippen LogP contribution in [-0.2, 0) is 32.6 Å². The number of aryl methyl sites for hydroxylation is 1. The molecule has 1 N–H and O–H groups in total. The molecule has 0 bridgehead atoms. The van der Waals surface area contributed by atoms with Crippen LogP contribution in [0, 0.1) is 6.92 Å². The van der Waals surface area contributed by atoms with Crippen molar-refractivity contribution in [2.45, 2.75) is 69.0 Å². The molecule has 0 radical (unpaired) electrons. The highest BCUT2D eigenvalue weighted by Gasteiger charge is 2.36. The highest BCUT2D eigenvalue weighted by Crippen LogP contribution is 2.33. The summed E-state index contributed by atoms with van der Waals surface area (Å²) in [6, 6.07) is 24.2. The molecule has 0 unspecified atom stereocenters. The monoisotopic (exact) mass is 755 g/mol. The van der Waals surface area contributed by atoms with Gasteiger partial charge in [0.1, 0.15) is 18.3 Å². The summed E-state index contributed by atoms with van der Waals surface area (Å²) in [6.45, 7) is 1.06. The van der Waals surface area contributed by atoms with Crippen molar-refractivity contribution in [1.82, 2.24) is 10.2 Å². The number of amides is 2. The smallest absolute Gasteiger partial charge is 0.264 e. The number of hydrogen-bond acceptors (Lipinski definition) is 5. The summed E-state index contributed by atoms with van der Waals surface area (Å²) in [4.78, 5) is 30.5. The lowest BCUT2D eigenvalue weighted by molar-refractivity contribution is -0.140. The highest BCUT2D eigenvalue weighted by molar-refractivity contribution is 7.92. The van der Waals surface area contributed by atoms with E-state index in [0.717, 1.165) is 47.5 Å². The van der Waals surface area contributed by atoms with Gasteiger partial charge >= 0.3 is 0 Å². The first-order valence-corrected chi connectivity index (χ1v) is 19.0. The van der Waals surface area contributed by atoms with Crippen molar-refractivity contribution in [2.75, 3.05) is 18.0 Å². The Labute approximate surface area is 309 Å². The Hall–Kier alpha value is -3.76. The second kappa shape index (κ2) is 17.0. The van der Waals surface area contributed by atoms with Crippen LogP contribution in [0.25, 0.3) is 0 Å². The zero-order chi connectivity index (χ0) is 35.8. The summed E-state index contributed by atoms with van der Waals surface area (Å²) in [5.41, 5.74) is 2.28. The number of nitrogens with zero attached hydrogens (tertiary/aromatic N) is 2. The molecule has 0 heterocycles. The van der Waals surface area contributed by atoms with Crippen LogP contribution >= 0.6 is 34.8 Å². The fourth-order valence-electron chi connectivity index (χ4n) is 6.13. The molecule has 0 saturated heterocycles. The fourth-order valence-corrected chi connectivity index (χ4v) is 8.30. The molecule has 0 aliphatic heterocycles. The predicted octanol–water partition coefficient (Wildman–Crippen LogP) is 8.25. The Morgan fingerprint density at radius 3 is 2.14 bits per heavy atom. The number of benzene rings is 4. The number of ether oxygens (including phenoxy) is 1. The standard InChI is InChI=1S/C38H40Cl3N3O5S/c1-26-16-19-30(20-17-26)50(47,48)44(29-18-21-36(49-2)34(41)23-29)25-37(45)43(24-31-32(39)14-9-15-33(31)40)35(22-27-10-5-3-6-11-27)38(46)42-28-12-7-4-8-13-28/h3,5-6,9-11,14-21,23,28,35H,4,7-8,12-13,22,24-25H2,1-2H3,(H,42,46)/t35-/m1/s1. The van der Waals surface area contributed by atoms with Gasteiger partial charge < -0.3 is 15.0 Å². The first kappa shape index (κ1) is 37.5. The predicted molar refractivity (Wildman–Crippen MR) is 200 cm³/mol. The van der Waals surface area contributed by atoms with Crippen LogP contribution in [0.4, 0.5) is 5.69 Å². The summed E-state index contributed by atoms with van der Waals surface area (Å²) >= 11 is 19.8. The quantitative estimate of drug-likeness (QED) is 0.148. The molecule has 1 aliphatic rings. The lowest BCUT2D eigenvalue weighted by atomic mass is 9.94. The minimum Gasteiger partial charge on any atom is -0.495 e. The number of anilines is 1. The molecule has 8 nitrogen and oxygen atoms in total. The molecular formula is C38H40Cl3N3O5S. The maximum atomic E-state index is 14.8. The van der Waals surface area contributed by atoms with Crippen molar-refractivity contribution in [3.63, 3.8) is 0 Å². The van der Waals surface area contributed by atoms with Crippen LogP contribution in [-0.4, -0.2) is 50.9 Å². The molecule has 4 aromatic carbocycles. The third kappa shape index (κ3) is 9.12. The Morgan fingerprint density at radius 2 is 1.52 bits per heavy atom. The van der Waals surface area contributed by atoms with Crippen molar-refractivity contribution < 1.29 is 22.7 Å². The maximum Gasteiger partial charge on any atom is 0.264 e. The van der Waals surface area contributed by atoms with Crippen LogP contribution in [0.2, 0.25) is 15.1 Å². The minimum absolute atomic E-state index is 0.0144. The number of hydrogen-bond donors (Lipinski definition) is 1. The SMILES string of the molecule is COc1ccc(N(CC(=O)N(Cc2c(Cl)cccc2Cl)[C@H](Cc2ccccc2)C(=O)NC2CCCCC2)S(=O)(=O)c2ccc(C)cc2)cc1Cl. The molecule has 1 saturated carbocycles.